The molecule has 102 valence electrons. The van der Waals surface area contributed by atoms with Crippen LogP contribution in [0.4, 0.5) is 5.69 Å². The van der Waals surface area contributed by atoms with E-state index in [9.17, 15) is 4.79 Å². The number of nitrogens with zero attached hydrogens (tertiary/aromatic N) is 1. The van der Waals surface area contributed by atoms with Crippen LogP contribution in [0.15, 0.2) is 36.4 Å². The van der Waals surface area contributed by atoms with E-state index in [4.69, 9.17) is 5.11 Å². The number of benzene rings is 1. The summed E-state index contributed by atoms with van der Waals surface area (Å²) in [6.07, 6.45) is 3.57. The maximum absolute atomic E-state index is 10.9. The molecule has 20 heavy (non-hydrogen) atoms. The molecular formula is C16H16N2O2. The van der Waals surface area contributed by atoms with E-state index in [-0.39, 0.29) is 5.69 Å². The molecule has 3 rings (SSSR count). The highest BCUT2D eigenvalue weighted by atomic mass is 16.4. The SMILES string of the molecule is O=C(O)c1cccc(CNc2ccc3c(c2)CCC3)n1. The van der Waals surface area contributed by atoms with Crippen molar-refractivity contribution in [1.29, 1.82) is 0 Å². The van der Waals surface area contributed by atoms with Crippen LogP contribution in [0.25, 0.3) is 0 Å². The highest BCUT2D eigenvalue weighted by molar-refractivity contribution is 5.85. The molecule has 0 fully saturated rings. The van der Waals surface area contributed by atoms with Crippen molar-refractivity contribution in [2.24, 2.45) is 0 Å². The Morgan fingerprint density at radius 2 is 2.05 bits per heavy atom. The quantitative estimate of drug-likeness (QED) is 0.895. The number of hydrogen-bond acceptors (Lipinski definition) is 3. The van der Waals surface area contributed by atoms with E-state index in [0.29, 0.717) is 6.54 Å². The van der Waals surface area contributed by atoms with Crippen molar-refractivity contribution in [1.82, 2.24) is 4.98 Å². The van der Waals surface area contributed by atoms with Crippen LogP contribution in [-0.4, -0.2) is 16.1 Å². The van der Waals surface area contributed by atoms with Gasteiger partial charge in [-0.1, -0.05) is 12.1 Å². The standard InChI is InChI=1S/C16H16N2O2/c19-16(20)15-6-2-5-14(18-15)10-17-13-8-7-11-3-1-4-12(11)9-13/h2,5-9,17H,1,3-4,10H2,(H,19,20). The molecule has 2 aromatic rings. The van der Waals surface area contributed by atoms with Crippen LogP contribution in [0.1, 0.15) is 33.7 Å². The van der Waals surface area contributed by atoms with Crippen molar-refractivity contribution in [3.05, 3.63) is 58.9 Å². The molecule has 2 N–H and O–H groups in total. The number of aryl methyl sites for hydroxylation is 2. The van der Waals surface area contributed by atoms with Gasteiger partial charge < -0.3 is 10.4 Å². The lowest BCUT2D eigenvalue weighted by molar-refractivity contribution is 0.0690. The fourth-order valence-electron chi connectivity index (χ4n) is 2.57. The Morgan fingerprint density at radius 3 is 2.90 bits per heavy atom. The number of carboxylic acids is 1. The molecule has 0 saturated heterocycles. The van der Waals surface area contributed by atoms with Crippen LogP contribution < -0.4 is 5.32 Å². The highest BCUT2D eigenvalue weighted by Crippen LogP contribution is 2.25. The van der Waals surface area contributed by atoms with Crippen LogP contribution in [-0.2, 0) is 19.4 Å². The predicted molar refractivity (Wildman–Crippen MR) is 77.0 cm³/mol. The average molecular weight is 268 g/mol. The van der Waals surface area contributed by atoms with Crippen molar-refractivity contribution in [3.63, 3.8) is 0 Å². The second-order valence-corrected chi connectivity index (χ2v) is 5.01. The molecule has 0 amide bonds. The molecule has 1 aliphatic carbocycles. The van der Waals surface area contributed by atoms with Gasteiger partial charge in [0.05, 0.1) is 12.2 Å². The molecule has 1 aromatic heterocycles. The van der Waals surface area contributed by atoms with Crippen molar-refractivity contribution in [2.75, 3.05) is 5.32 Å². The van der Waals surface area contributed by atoms with Crippen LogP contribution in [0.5, 0.6) is 0 Å². The average Bonchev–Trinajstić information content (AvgIpc) is 2.93. The van der Waals surface area contributed by atoms with Crippen molar-refractivity contribution >= 4 is 11.7 Å². The third-order valence-electron chi connectivity index (χ3n) is 3.60. The Bertz CT molecular complexity index is 653. The first-order valence-electron chi connectivity index (χ1n) is 6.77. The van der Waals surface area contributed by atoms with Gasteiger partial charge in [0.1, 0.15) is 5.69 Å². The topological polar surface area (TPSA) is 62.2 Å². The zero-order chi connectivity index (χ0) is 13.9. The Kier molecular flexibility index (Phi) is 3.37. The smallest absolute Gasteiger partial charge is 0.354 e. The van der Waals surface area contributed by atoms with Gasteiger partial charge in [-0.3, -0.25) is 0 Å². The molecule has 1 heterocycles. The van der Waals surface area contributed by atoms with Gasteiger partial charge in [0, 0.05) is 5.69 Å². The molecule has 0 unspecified atom stereocenters. The zero-order valence-corrected chi connectivity index (χ0v) is 11.1. The normalized spacial score (nSPS) is 13.0. The number of rotatable bonds is 4. The number of aromatic carboxylic acids is 1. The summed E-state index contributed by atoms with van der Waals surface area (Å²) in [5.41, 5.74) is 4.74. The van der Waals surface area contributed by atoms with Crippen LogP contribution in [0.2, 0.25) is 0 Å². The van der Waals surface area contributed by atoms with Gasteiger partial charge in [-0.05, 0) is 54.7 Å². The summed E-state index contributed by atoms with van der Waals surface area (Å²) in [7, 11) is 0. The summed E-state index contributed by atoms with van der Waals surface area (Å²) < 4.78 is 0. The first-order valence-corrected chi connectivity index (χ1v) is 6.77. The summed E-state index contributed by atoms with van der Waals surface area (Å²) in [4.78, 5) is 15.0. The number of hydrogen-bond donors (Lipinski definition) is 2. The summed E-state index contributed by atoms with van der Waals surface area (Å²) in [6.45, 7) is 0.528. The Morgan fingerprint density at radius 1 is 1.20 bits per heavy atom. The van der Waals surface area contributed by atoms with E-state index in [1.165, 1.54) is 30.0 Å². The summed E-state index contributed by atoms with van der Waals surface area (Å²) in [6, 6.07) is 11.5. The molecule has 1 aliphatic rings. The van der Waals surface area contributed by atoms with Crippen molar-refractivity contribution in [3.8, 4) is 0 Å². The van der Waals surface area contributed by atoms with Crippen LogP contribution in [0.3, 0.4) is 0 Å². The summed E-state index contributed by atoms with van der Waals surface area (Å²) in [5, 5.41) is 12.2. The molecule has 1 aromatic carbocycles. The number of pyridine rings is 1. The number of aromatic nitrogens is 1. The van der Waals surface area contributed by atoms with E-state index in [1.807, 2.05) is 6.07 Å². The first-order chi connectivity index (χ1) is 9.72. The van der Waals surface area contributed by atoms with E-state index < -0.39 is 5.97 Å². The fraction of sp³-hybridized carbons (Fsp3) is 0.250. The number of anilines is 1. The molecule has 4 heteroatoms. The van der Waals surface area contributed by atoms with Gasteiger partial charge in [-0.2, -0.15) is 0 Å². The second-order valence-electron chi connectivity index (χ2n) is 5.01. The number of carboxylic acid groups (broad SMARTS) is 1. The lowest BCUT2D eigenvalue weighted by Gasteiger charge is -2.08. The summed E-state index contributed by atoms with van der Waals surface area (Å²) in [5.74, 6) is -0.996. The van der Waals surface area contributed by atoms with Crippen molar-refractivity contribution in [2.45, 2.75) is 25.8 Å². The van der Waals surface area contributed by atoms with Gasteiger partial charge in [0.2, 0.25) is 0 Å². The van der Waals surface area contributed by atoms with Gasteiger partial charge in [0.25, 0.3) is 0 Å². The number of nitrogens with one attached hydrogen (secondary N) is 1. The minimum atomic E-state index is -0.996. The molecule has 0 bridgehead atoms. The van der Waals surface area contributed by atoms with E-state index in [1.54, 1.807) is 6.07 Å². The lowest BCUT2D eigenvalue weighted by Crippen LogP contribution is -2.06. The Labute approximate surface area is 117 Å². The summed E-state index contributed by atoms with van der Waals surface area (Å²) >= 11 is 0. The molecular weight excluding hydrogens is 252 g/mol. The van der Waals surface area contributed by atoms with Gasteiger partial charge in [-0.15, -0.1) is 0 Å². The molecule has 4 nitrogen and oxygen atoms in total. The molecule has 0 atom stereocenters. The maximum Gasteiger partial charge on any atom is 0.354 e. The van der Waals surface area contributed by atoms with Gasteiger partial charge in [-0.25, -0.2) is 9.78 Å². The number of fused-ring (bicyclic) bond motifs is 1. The largest absolute Gasteiger partial charge is 0.477 e. The van der Waals surface area contributed by atoms with Crippen LogP contribution in [0, 0.1) is 0 Å². The lowest BCUT2D eigenvalue weighted by atomic mass is 10.1. The molecule has 0 aliphatic heterocycles. The van der Waals surface area contributed by atoms with Crippen molar-refractivity contribution < 1.29 is 9.90 Å². The molecule has 0 radical (unpaired) electrons. The minimum Gasteiger partial charge on any atom is -0.477 e. The van der Waals surface area contributed by atoms with E-state index in [0.717, 1.165) is 17.8 Å². The second kappa shape index (κ2) is 5.33. The Balaban J connectivity index is 1.70. The molecule has 0 spiro atoms. The number of carbonyl (C=O) groups is 1. The highest BCUT2D eigenvalue weighted by Gasteiger charge is 2.10. The van der Waals surface area contributed by atoms with Gasteiger partial charge in [0.15, 0.2) is 0 Å². The van der Waals surface area contributed by atoms with E-state index in [2.05, 4.69) is 28.5 Å². The fourth-order valence-corrected chi connectivity index (χ4v) is 2.57. The van der Waals surface area contributed by atoms with E-state index >= 15 is 0 Å². The maximum atomic E-state index is 10.9. The third-order valence-corrected chi connectivity index (χ3v) is 3.60. The molecule has 0 saturated carbocycles. The Hall–Kier alpha value is -2.36. The van der Waals surface area contributed by atoms with Crippen LogP contribution >= 0.6 is 0 Å². The first kappa shape index (κ1) is 12.7. The third kappa shape index (κ3) is 2.64. The van der Waals surface area contributed by atoms with Gasteiger partial charge >= 0.3 is 5.97 Å². The minimum absolute atomic E-state index is 0.0817. The zero-order valence-electron chi connectivity index (χ0n) is 11.1. The monoisotopic (exact) mass is 268 g/mol. The predicted octanol–water partition coefficient (Wildman–Crippen LogP) is 2.88.